The third-order valence-corrected chi connectivity index (χ3v) is 4.28. The monoisotopic (exact) mass is 307 g/mol. The van der Waals surface area contributed by atoms with Gasteiger partial charge in [0.1, 0.15) is 0 Å². The third kappa shape index (κ3) is 3.85. The molecule has 0 unspecified atom stereocenters. The molecule has 0 saturated heterocycles. The number of carbonyl (C=O) groups is 2. The van der Waals surface area contributed by atoms with Crippen LogP contribution in [0, 0.1) is 5.41 Å². The molecule has 0 aliphatic heterocycles. The van der Waals surface area contributed by atoms with Gasteiger partial charge in [-0.25, -0.2) is 0 Å². The molecule has 1 saturated carbocycles. The van der Waals surface area contributed by atoms with Crippen molar-refractivity contribution in [1.29, 1.82) is 0 Å². The Labute approximate surface area is 128 Å². The number of nitrogens with one attached hydrogen (secondary N) is 1. The van der Waals surface area contributed by atoms with Crippen LogP contribution in [0.15, 0.2) is 30.3 Å². The van der Waals surface area contributed by atoms with Crippen LogP contribution >= 0.6 is 11.6 Å². The number of hydrogen-bond donors (Lipinski definition) is 2. The van der Waals surface area contributed by atoms with E-state index in [0.29, 0.717) is 17.9 Å². The molecule has 0 heterocycles. The molecule has 0 radical (unpaired) electrons. The van der Waals surface area contributed by atoms with E-state index in [4.69, 9.17) is 11.6 Å². The molecular formula is C16H18ClNO3. The lowest BCUT2D eigenvalue weighted by Crippen LogP contribution is -2.40. The van der Waals surface area contributed by atoms with Gasteiger partial charge < -0.3 is 10.4 Å². The highest BCUT2D eigenvalue weighted by molar-refractivity contribution is 6.32. The van der Waals surface area contributed by atoms with E-state index in [0.717, 1.165) is 18.4 Å². The molecule has 1 aromatic carbocycles. The summed E-state index contributed by atoms with van der Waals surface area (Å²) in [4.78, 5) is 23.2. The Morgan fingerprint density at radius 1 is 1.29 bits per heavy atom. The predicted octanol–water partition coefficient (Wildman–Crippen LogP) is 3.11. The third-order valence-electron chi connectivity index (χ3n) is 3.93. The highest BCUT2D eigenvalue weighted by atomic mass is 35.5. The maximum absolute atomic E-state index is 11.8. The maximum atomic E-state index is 11.8. The van der Waals surface area contributed by atoms with E-state index in [1.165, 1.54) is 6.08 Å². The van der Waals surface area contributed by atoms with E-state index in [-0.39, 0.29) is 12.5 Å². The minimum absolute atomic E-state index is 0.175. The average Bonchev–Trinajstić information content (AvgIpc) is 2.94. The van der Waals surface area contributed by atoms with Crippen LogP contribution < -0.4 is 5.32 Å². The molecule has 0 bridgehead atoms. The number of rotatable bonds is 5. The molecular weight excluding hydrogens is 290 g/mol. The van der Waals surface area contributed by atoms with Gasteiger partial charge in [-0.2, -0.15) is 0 Å². The van der Waals surface area contributed by atoms with E-state index in [1.807, 2.05) is 18.2 Å². The highest BCUT2D eigenvalue weighted by Gasteiger charge is 2.41. The lowest BCUT2D eigenvalue weighted by atomic mass is 9.86. The van der Waals surface area contributed by atoms with Crippen molar-refractivity contribution >= 4 is 29.6 Å². The Morgan fingerprint density at radius 3 is 2.57 bits per heavy atom. The zero-order valence-electron chi connectivity index (χ0n) is 11.6. The highest BCUT2D eigenvalue weighted by Crippen LogP contribution is 2.37. The standard InChI is InChI=1S/C16H18ClNO3/c17-13-6-2-1-5-12(13)7-8-14(19)18-11-16(15(20)21)9-3-4-10-16/h1-2,5-8H,3-4,9-11H2,(H,18,19)(H,20,21)/b8-7+. The van der Waals surface area contributed by atoms with Crippen LogP contribution in [0.25, 0.3) is 6.08 Å². The van der Waals surface area contributed by atoms with E-state index in [9.17, 15) is 14.7 Å². The molecule has 5 heteroatoms. The fraction of sp³-hybridized carbons (Fsp3) is 0.375. The molecule has 1 aliphatic rings. The number of carbonyl (C=O) groups excluding carboxylic acids is 1. The normalized spacial score (nSPS) is 17.0. The predicted molar refractivity (Wildman–Crippen MR) is 82.0 cm³/mol. The van der Waals surface area contributed by atoms with Crippen LogP contribution in [0.1, 0.15) is 31.2 Å². The molecule has 0 aromatic heterocycles. The summed E-state index contributed by atoms with van der Waals surface area (Å²) < 4.78 is 0. The lowest BCUT2D eigenvalue weighted by molar-refractivity contribution is -0.148. The first-order valence-electron chi connectivity index (χ1n) is 6.97. The lowest BCUT2D eigenvalue weighted by Gasteiger charge is -2.23. The summed E-state index contributed by atoms with van der Waals surface area (Å²) >= 11 is 5.99. The van der Waals surface area contributed by atoms with Gasteiger partial charge in [-0.15, -0.1) is 0 Å². The van der Waals surface area contributed by atoms with Crippen molar-refractivity contribution in [3.8, 4) is 0 Å². The molecule has 2 N–H and O–H groups in total. The second kappa shape index (κ2) is 6.76. The van der Waals surface area contributed by atoms with Crippen molar-refractivity contribution in [2.75, 3.05) is 6.54 Å². The van der Waals surface area contributed by atoms with Crippen molar-refractivity contribution in [2.45, 2.75) is 25.7 Å². The maximum Gasteiger partial charge on any atom is 0.311 e. The minimum atomic E-state index is -0.824. The number of carboxylic acid groups (broad SMARTS) is 1. The smallest absolute Gasteiger partial charge is 0.311 e. The molecule has 0 atom stereocenters. The topological polar surface area (TPSA) is 66.4 Å². The van der Waals surface area contributed by atoms with Crippen molar-refractivity contribution in [3.05, 3.63) is 40.9 Å². The molecule has 1 fully saturated rings. The Bertz CT molecular complexity index is 562. The first kappa shape index (κ1) is 15.6. The summed E-state index contributed by atoms with van der Waals surface area (Å²) in [6.45, 7) is 0.175. The summed E-state index contributed by atoms with van der Waals surface area (Å²) in [5.74, 6) is -1.13. The average molecular weight is 308 g/mol. The zero-order chi connectivity index (χ0) is 15.3. The van der Waals surface area contributed by atoms with Gasteiger partial charge in [-0.3, -0.25) is 9.59 Å². The van der Waals surface area contributed by atoms with Gasteiger partial charge >= 0.3 is 5.97 Å². The van der Waals surface area contributed by atoms with Crippen molar-refractivity contribution < 1.29 is 14.7 Å². The summed E-state index contributed by atoms with van der Waals surface area (Å²) in [5.41, 5.74) is -0.0448. The van der Waals surface area contributed by atoms with Crippen molar-refractivity contribution in [1.82, 2.24) is 5.32 Å². The second-order valence-electron chi connectivity index (χ2n) is 5.37. The molecule has 0 spiro atoms. The van der Waals surface area contributed by atoms with E-state index in [2.05, 4.69) is 5.32 Å². The summed E-state index contributed by atoms with van der Waals surface area (Å²) in [5, 5.41) is 12.6. The van der Waals surface area contributed by atoms with Gasteiger partial charge in [0.05, 0.1) is 5.41 Å². The number of halogens is 1. The van der Waals surface area contributed by atoms with Gasteiger partial charge in [0.15, 0.2) is 0 Å². The largest absolute Gasteiger partial charge is 0.481 e. The Morgan fingerprint density at radius 2 is 1.95 bits per heavy atom. The summed E-state index contributed by atoms with van der Waals surface area (Å²) in [7, 11) is 0. The van der Waals surface area contributed by atoms with Crippen LogP contribution in [0.5, 0.6) is 0 Å². The number of benzene rings is 1. The number of carboxylic acids is 1. The fourth-order valence-corrected chi connectivity index (χ4v) is 2.81. The Hall–Kier alpha value is -1.81. The number of aliphatic carboxylic acids is 1. The van der Waals surface area contributed by atoms with E-state index < -0.39 is 11.4 Å². The van der Waals surface area contributed by atoms with Gasteiger partial charge in [0, 0.05) is 17.6 Å². The van der Waals surface area contributed by atoms with Gasteiger partial charge in [0.25, 0.3) is 0 Å². The van der Waals surface area contributed by atoms with Gasteiger partial charge in [0.2, 0.25) is 5.91 Å². The van der Waals surface area contributed by atoms with Crippen LogP contribution in [0.4, 0.5) is 0 Å². The molecule has 1 aliphatic carbocycles. The molecule has 112 valence electrons. The molecule has 1 amide bonds. The van der Waals surface area contributed by atoms with Crippen molar-refractivity contribution in [3.63, 3.8) is 0 Å². The second-order valence-corrected chi connectivity index (χ2v) is 5.77. The number of hydrogen-bond acceptors (Lipinski definition) is 2. The van der Waals surface area contributed by atoms with E-state index >= 15 is 0 Å². The summed E-state index contributed by atoms with van der Waals surface area (Å²) in [6.07, 6.45) is 6.05. The van der Waals surface area contributed by atoms with Crippen LogP contribution in [-0.4, -0.2) is 23.5 Å². The van der Waals surface area contributed by atoms with Crippen LogP contribution in [-0.2, 0) is 9.59 Å². The quantitative estimate of drug-likeness (QED) is 0.821. The van der Waals surface area contributed by atoms with Gasteiger partial charge in [-0.1, -0.05) is 42.6 Å². The first-order valence-corrected chi connectivity index (χ1v) is 7.35. The van der Waals surface area contributed by atoms with Gasteiger partial charge in [-0.05, 0) is 30.5 Å². The first-order chi connectivity index (χ1) is 10.0. The number of amides is 1. The molecule has 2 rings (SSSR count). The SMILES string of the molecule is O=C(/C=C/c1ccccc1Cl)NCC1(C(=O)O)CCCC1. The van der Waals surface area contributed by atoms with Crippen LogP contribution in [0.3, 0.4) is 0 Å². The summed E-state index contributed by atoms with van der Waals surface area (Å²) in [6, 6.07) is 7.21. The zero-order valence-corrected chi connectivity index (χ0v) is 12.4. The molecule has 4 nitrogen and oxygen atoms in total. The minimum Gasteiger partial charge on any atom is -0.481 e. The Balaban J connectivity index is 1.93. The van der Waals surface area contributed by atoms with Crippen LogP contribution in [0.2, 0.25) is 5.02 Å². The molecule has 1 aromatic rings. The Kier molecular flexibility index (Phi) is 5.02. The van der Waals surface area contributed by atoms with Crippen molar-refractivity contribution in [2.24, 2.45) is 5.41 Å². The fourth-order valence-electron chi connectivity index (χ4n) is 2.61. The molecule has 21 heavy (non-hydrogen) atoms. The van der Waals surface area contributed by atoms with E-state index in [1.54, 1.807) is 12.1 Å².